The number of rotatable bonds is 10. The van der Waals surface area contributed by atoms with Gasteiger partial charge in [0.25, 0.3) is 5.91 Å². The van der Waals surface area contributed by atoms with Crippen molar-refractivity contribution < 1.29 is 31.5 Å². The lowest BCUT2D eigenvalue weighted by Gasteiger charge is -2.30. The van der Waals surface area contributed by atoms with Crippen molar-refractivity contribution in [1.29, 1.82) is 0 Å². The molecular weight excluding hydrogens is 656 g/mol. The number of pyridine rings is 1. The number of anilines is 3. The van der Waals surface area contributed by atoms with Crippen LogP contribution in [0.2, 0.25) is 10.0 Å². The molecule has 1 aromatic carbocycles. The fourth-order valence-corrected chi connectivity index (χ4v) is 5.61. The number of aromatic amines is 1. The Balaban J connectivity index is 1.60. The molecule has 4 N–H and O–H groups in total. The Labute approximate surface area is 273 Å². The number of alkyl halides is 5. The summed E-state index contributed by atoms with van der Waals surface area (Å²) in [6.07, 6.45) is -7.23. The van der Waals surface area contributed by atoms with Crippen LogP contribution in [0.3, 0.4) is 0 Å². The molecule has 0 radical (unpaired) electrons. The zero-order chi connectivity index (χ0) is 34.0. The third-order valence-corrected chi connectivity index (χ3v) is 8.55. The first-order valence-corrected chi connectivity index (χ1v) is 15.5. The van der Waals surface area contributed by atoms with Gasteiger partial charge in [0.05, 0.1) is 32.7 Å². The molecule has 0 aliphatic heterocycles. The molecule has 9 nitrogen and oxygen atoms in total. The number of nitrogens with zero attached hydrogens (tertiary/aromatic N) is 3. The number of amides is 2. The zero-order valence-electron chi connectivity index (χ0n) is 25.7. The van der Waals surface area contributed by atoms with Gasteiger partial charge in [0.15, 0.2) is 5.65 Å². The van der Waals surface area contributed by atoms with E-state index in [4.69, 9.17) is 23.2 Å². The normalized spacial score (nSPS) is 17.3. The molecule has 4 rings (SSSR count). The lowest BCUT2D eigenvalue weighted by Crippen LogP contribution is -2.40. The lowest BCUT2D eigenvalue weighted by molar-refractivity contribution is -0.182. The molecule has 2 aromatic heterocycles. The number of halogens is 7. The Morgan fingerprint density at radius 3 is 2.37 bits per heavy atom. The Morgan fingerprint density at radius 2 is 1.76 bits per heavy atom. The van der Waals surface area contributed by atoms with E-state index in [-0.39, 0.29) is 77.7 Å². The number of carbonyl (C=O) groups excluding carboxylic acids is 2. The predicted octanol–water partition coefficient (Wildman–Crippen LogP) is 7.61. The highest BCUT2D eigenvalue weighted by Gasteiger charge is 2.41. The smallest absolute Gasteiger partial charge is 0.359 e. The fourth-order valence-electron chi connectivity index (χ4n) is 5.08. The van der Waals surface area contributed by atoms with E-state index in [2.05, 4.69) is 30.9 Å². The van der Waals surface area contributed by atoms with Gasteiger partial charge in [0.2, 0.25) is 18.3 Å². The summed E-state index contributed by atoms with van der Waals surface area (Å²) < 4.78 is 65.4. The maximum absolute atomic E-state index is 13.4. The van der Waals surface area contributed by atoms with Crippen molar-refractivity contribution in [3.05, 3.63) is 39.4 Å². The number of fused-ring (bicyclic) bond motifs is 1. The molecule has 2 amide bonds. The highest BCUT2D eigenvalue weighted by atomic mass is 35.5. The molecule has 0 atom stereocenters. The molecule has 16 heteroatoms. The van der Waals surface area contributed by atoms with E-state index in [1.54, 1.807) is 32.9 Å². The topological polar surface area (TPSA) is 115 Å². The van der Waals surface area contributed by atoms with Gasteiger partial charge in [-0.25, -0.2) is 13.8 Å². The molecule has 0 saturated heterocycles. The summed E-state index contributed by atoms with van der Waals surface area (Å²) in [6, 6.07) is 4.27. The average Bonchev–Trinajstić information content (AvgIpc) is 3.37. The van der Waals surface area contributed by atoms with Gasteiger partial charge >= 0.3 is 6.18 Å². The third kappa shape index (κ3) is 8.69. The summed E-state index contributed by atoms with van der Waals surface area (Å²) in [5.41, 5.74) is 0.809. The van der Waals surface area contributed by atoms with Crippen LogP contribution in [0, 0.1) is 11.3 Å². The van der Waals surface area contributed by atoms with Gasteiger partial charge in [0, 0.05) is 38.0 Å². The molecule has 252 valence electrons. The van der Waals surface area contributed by atoms with E-state index >= 15 is 0 Å². The van der Waals surface area contributed by atoms with E-state index < -0.39 is 42.3 Å². The Hall–Kier alpha value is -3.39. The van der Waals surface area contributed by atoms with Crippen LogP contribution in [-0.4, -0.2) is 59.0 Å². The Morgan fingerprint density at radius 1 is 1.09 bits per heavy atom. The summed E-state index contributed by atoms with van der Waals surface area (Å²) in [7, 11) is 1.51. The largest absolute Gasteiger partial charge is 0.391 e. The SMILES string of the molecule is CN(CCC(F)F)c1nc2nc(Nc3c(Cl)ccc(CNC(=O)C(C)(C)C)c3Cl)[nH]c2cc1C(=O)NC1CCC(C(F)(F)F)CC1. The summed E-state index contributed by atoms with van der Waals surface area (Å²) >= 11 is 13.1. The summed E-state index contributed by atoms with van der Waals surface area (Å²) in [6.45, 7) is 5.38. The zero-order valence-corrected chi connectivity index (χ0v) is 27.2. The number of nitrogens with one attached hydrogen (secondary N) is 4. The van der Waals surface area contributed by atoms with Crippen LogP contribution in [0.5, 0.6) is 0 Å². The van der Waals surface area contributed by atoms with Gasteiger partial charge in [-0.1, -0.05) is 50.0 Å². The van der Waals surface area contributed by atoms with Crippen molar-refractivity contribution in [2.75, 3.05) is 23.8 Å². The minimum Gasteiger partial charge on any atom is -0.359 e. The highest BCUT2D eigenvalue weighted by Crippen LogP contribution is 2.38. The molecule has 0 spiro atoms. The molecule has 1 fully saturated rings. The molecule has 1 aliphatic carbocycles. The van der Waals surface area contributed by atoms with Crippen molar-refractivity contribution in [2.24, 2.45) is 11.3 Å². The van der Waals surface area contributed by atoms with Gasteiger partial charge in [-0.05, 0) is 43.4 Å². The van der Waals surface area contributed by atoms with Crippen molar-refractivity contribution in [3.8, 4) is 0 Å². The van der Waals surface area contributed by atoms with E-state index in [1.165, 1.54) is 18.0 Å². The maximum Gasteiger partial charge on any atom is 0.391 e. The fraction of sp³-hybridized carbons (Fsp3) is 0.533. The summed E-state index contributed by atoms with van der Waals surface area (Å²) in [5, 5.41) is 9.15. The first-order chi connectivity index (χ1) is 21.4. The van der Waals surface area contributed by atoms with E-state index in [9.17, 15) is 31.5 Å². The maximum atomic E-state index is 13.4. The number of H-pyrrole nitrogens is 1. The summed E-state index contributed by atoms with van der Waals surface area (Å²) in [5.74, 6) is -1.93. The lowest BCUT2D eigenvalue weighted by atomic mass is 9.85. The van der Waals surface area contributed by atoms with Crippen molar-refractivity contribution in [3.63, 3.8) is 0 Å². The number of carbonyl (C=O) groups is 2. The van der Waals surface area contributed by atoms with Crippen LogP contribution < -0.4 is 20.9 Å². The predicted molar refractivity (Wildman–Crippen MR) is 168 cm³/mol. The first-order valence-electron chi connectivity index (χ1n) is 14.7. The van der Waals surface area contributed by atoms with Crippen molar-refractivity contribution >= 4 is 63.6 Å². The van der Waals surface area contributed by atoms with Crippen LogP contribution >= 0.6 is 23.2 Å². The van der Waals surface area contributed by atoms with Crippen LogP contribution in [0.4, 0.5) is 39.4 Å². The second kappa shape index (κ2) is 14.2. The number of hydrogen-bond donors (Lipinski definition) is 4. The highest BCUT2D eigenvalue weighted by molar-refractivity contribution is 6.39. The van der Waals surface area contributed by atoms with Gasteiger partial charge < -0.3 is 25.8 Å². The molecule has 3 aromatic rings. The Bertz CT molecular complexity index is 1570. The third-order valence-electron chi connectivity index (χ3n) is 7.80. The molecule has 46 heavy (non-hydrogen) atoms. The minimum absolute atomic E-state index is 0.0464. The molecule has 1 aliphatic rings. The molecular formula is C30H36Cl2F5N7O2. The number of aromatic nitrogens is 3. The van der Waals surface area contributed by atoms with Gasteiger partial charge in [-0.15, -0.1) is 0 Å². The molecule has 1 saturated carbocycles. The van der Waals surface area contributed by atoms with Crippen LogP contribution in [-0.2, 0) is 11.3 Å². The minimum atomic E-state index is -4.28. The second-order valence-electron chi connectivity index (χ2n) is 12.4. The van der Waals surface area contributed by atoms with Crippen LogP contribution in [0.25, 0.3) is 11.2 Å². The van der Waals surface area contributed by atoms with Gasteiger partial charge in [-0.3, -0.25) is 9.59 Å². The van der Waals surface area contributed by atoms with E-state index in [0.29, 0.717) is 16.8 Å². The van der Waals surface area contributed by atoms with Crippen molar-refractivity contribution in [1.82, 2.24) is 25.6 Å². The summed E-state index contributed by atoms with van der Waals surface area (Å²) in [4.78, 5) is 39.1. The van der Waals surface area contributed by atoms with Gasteiger partial charge in [-0.2, -0.15) is 18.2 Å². The van der Waals surface area contributed by atoms with Crippen LogP contribution in [0.1, 0.15) is 68.8 Å². The van der Waals surface area contributed by atoms with E-state index in [0.717, 1.165) is 0 Å². The monoisotopic (exact) mass is 691 g/mol. The molecule has 0 unspecified atom stereocenters. The second-order valence-corrected chi connectivity index (χ2v) is 13.2. The van der Waals surface area contributed by atoms with Crippen molar-refractivity contribution in [2.45, 2.75) is 78.1 Å². The molecule has 2 heterocycles. The Kier molecular flexibility index (Phi) is 10.9. The first kappa shape index (κ1) is 35.5. The number of imidazole rings is 1. The standard InChI is InChI=1S/C30H36Cl2F5N7O2/c1-29(2,3)27(46)38-14-15-5-10-19(31)23(22(15)32)41-28-40-20-13-18(25(42-24(20)43-28)44(4)12-11-21(33)34)26(45)39-17-8-6-16(7-9-17)30(35,36)37/h5,10,13,16-17,21H,6-9,11-12,14H2,1-4H3,(H,38,46)(H,39,45)(H2,40,41,42,43). The number of hydrogen-bond acceptors (Lipinski definition) is 6. The quantitative estimate of drug-likeness (QED) is 0.163. The average molecular weight is 693 g/mol. The van der Waals surface area contributed by atoms with Crippen LogP contribution in [0.15, 0.2) is 18.2 Å². The molecule has 0 bridgehead atoms. The van der Waals surface area contributed by atoms with Gasteiger partial charge in [0.1, 0.15) is 5.82 Å². The number of benzene rings is 1. The van der Waals surface area contributed by atoms with E-state index in [1.807, 2.05) is 0 Å².